The lowest BCUT2D eigenvalue weighted by molar-refractivity contribution is -0.00100. The van der Waals surface area contributed by atoms with Crippen LogP contribution in [0.25, 0.3) is 0 Å². The summed E-state index contributed by atoms with van der Waals surface area (Å²) in [6.45, 7) is 11.6. The third kappa shape index (κ3) is 7.16. The fraction of sp³-hybridized carbons (Fsp3) is 0.667. The highest BCUT2D eigenvalue weighted by molar-refractivity contribution is 5.39. The molecule has 1 N–H and O–H groups in total. The van der Waals surface area contributed by atoms with Gasteiger partial charge in [-0.15, -0.1) is 0 Å². The van der Waals surface area contributed by atoms with Crippen LogP contribution in [-0.2, 0) is 0 Å². The van der Waals surface area contributed by atoms with Gasteiger partial charge in [0.2, 0.25) is 0 Å². The topological polar surface area (TPSA) is 35.9 Å². The Kier molecular flexibility index (Phi) is 10.9. The molecule has 0 bridgehead atoms. The summed E-state index contributed by atoms with van der Waals surface area (Å²) >= 11 is 0. The van der Waals surface area contributed by atoms with E-state index < -0.39 is 6.10 Å². The number of benzene rings is 1. The van der Waals surface area contributed by atoms with E-state index in [1.54, 1.807) is 0 Å². The Morgan fingerprint density at radius 2 is 1.75 bits per heavy atom. The molecule has 1 aliphatic rings. The molecule has 1 aromatic carbocycles. The van der Waals surface area contributed by atoms with Crippen molar-refractivity contribution in [2.45, 2.75) is 32.8 Å². The molecular weight excluding hydrogens is 347 g/mol. The first-order valence-electron chi connectivity index (χ1n) is 8.28. The first-order valence-corrected chi connectivity index (χ1v) is 8.28. The number of aryl methyl sites for hydroxylation is 1. The number of nitrogens with zero attached hydrogens (tertiary/aromatic N) is 2. The number of ether oxygens (including phenoxy) is 1. The SMILES string of the molecule is Cc1ccc(C(C)C)c(OCC(O)CN2CCN(C)CC2)c1.[Cl-].[Cl-]. The molecule has 140 valence electrons. The van der Waals surface area contributed by atoms with E-state index in [9.17, 15) is 5.11 Å². The second-order valence-electron chi connectivity index (χ2n) is 6.76. The Morgan fingerprint density at radius 3 is 2.33 bits per heavy atom. The minimum atomic E-state index is -0.441. The Hall–Kier alpha value is -0.520. The average molecular weight is 377 g/mol. The maximum absolute atomic E-state index is 10.2. The van der Waals surface area contributed by atoms with Crippen LogP contribution in [0, 0.1) is 6.92 Å². The normalized spacial score (nSPS) is 17.1. The van der Waals surface area contributed by atoms with E-state index in [-0.39, 0.29) is 24.8 Å². The summed E-state index contributed by atoms with van der Waals surface area (Å²) in [5.41, 5.74) is 2.39. The molecule has 1 saturated heterocycles. The molecule has 1 aliphatic heterocycles. The lowest BCUT2D eigenvalue weighted by Gasteiger charge is -2.33. The van der Waals surface area contributed by atoms with Gasteiger partial charge in [-0.25, -0.2) is 0 Å². The Balaban J connectivity index is 0.00000264. The van der Waals surface area contributed by atoms with Crippen molar-refractivity contribution in [3.8, 4) is 5.75 Å². The summed E-state index contributed by atoms with van der Waals surface area (Å²) in [5.74, 6) is 1.33. The van der Waals surface area contributed by atoms with Crippen LogP contribution in [-0.4, -0.2) is 67.4 Å². The maximum atomic E-state index is 10.2. The zero-order valence-corrected chi connectivity index (χ0v) is 16.6. The molecule has 1 fully saturated rings. The quantitative estimate of drug-likeness (QED) is 0.550. The molecule has 0 amide bonds. The van der Waals surface area contributed by atoms with Crippen molar-refractivity contribution < 1.29 is 34.7 Å². The van der Waals surface area contributed by atoms with Crippen molar-refractivity contribution in [2.75, 3.05) is 46.4 Å². The van der Waals surface area contributed by atoms with Crippen LogP contribution in [0.1, 0.15) is 30.9 Å². The monoisotopic (exact) mass is 376 g/mol. The van der Waals surface area contributed by atoms with Crippen molar-refractivity contribution in [1.29, 1.82) is 0 Å². The van der Waals surface area contributed by atoms with Gasteiger partial charge in [0.25, 0.3) is 0 Å². The Labute approximate surface area is 159 Å². The van der Waals surface area contributed by atoms with Crippen molar-refractivity contribution in [1.82, 2.24) is 9.80 Å². The summed E-state index contributed by atoms with van der Waals surface area (Å²) < 4.78 is 5.92. The number of aliphatic hydroxyl groups is 1. The van der Waals surface area contributed by atoms with E-state index in [2.05, 4.69) is 55.8 Å². The summed E-state index contributed by atoms with van der Waals surface area (Å²) in [6.07, 6.45) is -0.441. The molecule has 24 heavy (non-hydrogen) atoms. The summed E-state index contributed by atoms with van der Waals surface area (Å²) in [5, 5.41) is 10.2. The highest BCUT2D eigenvalue weighted by atomic mass is 35.5. The first-order chi connectivity index (χ1) is 10.5. The van der Waals surface area contributed by atoms with E-state index >= 15 is 0 Å². The van der Waals surface area contributed by atoms with Gasteiger partial charge >= 0.3 is 0 Å². The fourth-order valence-corrected chi connectivity index (χ4v) is 2.81. The van der Waals surface area contributed by atoms with Gasteiger partial charge in [0.05, 0.1) is 0 Å². The molecule has 0 spiro atoms. The number of likely N-dealkylation sites (N-methyl/N-ethyl adjacent to an activating group) is 1. The fourth-order valence-electron chi connectivity index (χ4n) is 2.81. The molecule has 0 aliphatic carbocycles. The van der Waals surface area contributed by atoms with E-state index in [1.807, 2.05) is 0 Å². The van der Waals surface area contributed by atoms with Crippen LogP contribution < -0.4 is 29.6 Å². The van der Waals surface area contributed by atoms with Crippen LogP contribution in [0.3, 0.4) is 0 Å². The van der Waals surface area contributed by atoms with Gasteiger partial charge in [0.15, 0.2) is 0 Å². The van der Waals surface area contributed by atoms with Gasteiger partial charge < -0.3 is 39.6 Å². The van der Waals surface area contributed by atoms with Crippen LogP contribution in [0.5, 0.6) is 5.75 Å². The van der Waals surface area contributed by atoms with Gasteiger partial charge in [-0.1, -0.05) is 26.0 Å². The van der Waals surface area contributed by atoms with Gasteiger partial charge in [-0.3, -0.25) is 4.90 Å². The molecule has 2 rings (SSSR count). The van der Waals surface area contributed by atoms with Gasteiger partial charge in [-0.05, 0) is 37.1 Å². The molecule has 1 aromatic rings. The molecular formula is C18H30Cl2N2O2-2. The molecule has 4 nitrogen and oxygen atoms in total. The molecule has 0 radical (unpaired) electrons. The van der Waals surface area contributed by atoms with Crippen LogP contribution in [0.15, 0.2) is 18.2 Å². The average Bonchev–Trinajstić information content (AvgIpc) is 2.47. The molecule has 6 heteroatoms. The Bertz CT molecular complexity index is 478. The van der Waals surface area contributed by atoms with Gasteiger partial charge in [-0.2, -0.15) is 0 Å². The van der Waals surface area contributed by atoms with Gasteiger partial charge in [0.1, 0.15) is 18.5 Å². The molecule has 1 atom stereocenters. The predicted octanol–water partition coefficient (Wildman–Crippen LogP) is -3.89. The van der Waals surface area contributed by atoms with Crippen LogP contribution in [0.4, 0.5) is 0 Å². The predicted molar refractivity (Wildman–Crippen MR) is 90.7 cm³/mol. The number of aliphatic hydroxyl groups excluding tert-OH is 1. The number of halogens is 2. The van der Waals surface area contributed by atoms with E-state index in [1.165, 1.54) is 11.1 Å². The van der Waals surface area contributed by atoms with E-state index in [4.69, 9.17) is 4.74 Å². The highest BCUT2D eigenvalue weighted by Gasteiger charge is 2.18. The Morgan fingerprint density at radius 1 is 1.12 bits per heavy atom. The summed E-state index contributed by atoms with van der Waals surface area (Å²) in [6, 6.07) is 6.31. The lowest BCUT2D eigenvalue weighted by atomic mass is 10.0. The van der Waals surface area contributed by atoms with Crippen molar-refractivity contribution in [3.05, 3.63) is 29.3 Å². The van der Waals surface area contributed by atoms with Crippen molar-refractivity contribution in [2.24, 2.45) is 0 Å². The minimum Gasteiger partial charge on any atom is -1.00 e. The molecule has 1 heterocycles. The van der Waals surface area contributed by atoms with Crippen molar-refractivity contribution >= 4 is 0 Å². The maximum Gasteiger partial charge on any atom is 0.123 e. The number of hydrogen-bond acceptors (Lipinski definition) is 4. The van der Waals surface area contributed by atoms with Crippen LogP contribution in [0.2, 0.25) is 0 Å². The molecule has 0 aromatic heterocycles. The smallest absolute Gasteiger partial charge is 0.123 e. The van der Waals surface area contributed by atoms with E-state index in [0.717, 1.165) is 31.9 Å². The third-order valence-electron chi connectivity index (χ3n) is 4.29. The third-order valence-corrected chi connectivity index (χ3v) is 4.29. The van der Waals surface area contributed by atoms with Crippen LogP contribution >= 0.6 is 0 Å². The molecule has 0 saturated carbocycles. The zero-order chi connectivity index (χ0) is 16.1. The second-order valence-corrected chi connectivity index (χ2v) is 6.76. The zero-order valence-electron chi connectivity index (χ0n) is 15.1. The second kappa shape index (κ2) is 11.2. The van der Waals surface area contributed by atoms with Gasteiger partial charge in [0, 0.05) is 32.7 Å². The largest absolute Gasteiger partial charge is 1.00 e. The first kappa shape index (κ1) is 23.5. The number of β-amino-alcohol motifs (C(OH)–C–C–N with tert-alkyl or cyclic N) is 1. The summed E-state index contributed by atoms with van der Waals surface area (Å²) in [7, 11) is 2.14. The number of rotatable bonds is 6. The minimum absolute atomic E-state index is 0. The lowest BCUT2D eigenvalue weighted by Crippen LogP contribution is -3.00. The molecule has 1 unspecified atom stereocenters. The number of hydrogen-bond donors (Lipinski definition) is 1. The standard InChI is InChI=1S/C18H30N2O2.2ClH/c1-14(2)17-6-5-15(3)11-18(17)22-13-16(21)12-20-9-7-19(4)8-10-20;;/h5-6,11,14,16,21H,7-10,12-13H2,1-4H3;2*1H/p-2. The van der Waals surface area contributed by atoms with E-state index in [0.29, 0.717) is 19.1 Å². The highest BCUT2D eigenvalue weighted by Crippen LogP contribution is 2.27. The van der Waals surface area contributed by atoms with Crippen molar-refractivity contribution in [3.63, 3.8) is 0 Å². The number of piperazine rings is 1. The summed E-state index contributed by atoms with van der Waals surface area (Å²) in [4.78, 5) is 4.63.